The van der Waals surface area contributed by atoms with Crippen molar-refractivity contribution in [1.82, 2.24) is 0 Å². The van der Waals surface area contributed by atoms with Gasteiger partial charge < -0.3 is 37.6 Å². The van der Waals surface area contributed by atoms with Crippen LogP contribution in [0, 0.1) is 0 Å². The highest BCUT2D eigenvalue weighted by molar-refractivity contribution is 6.74. The van der Waals surface area contributed by atoms with Gasteiger partial charge in [0.05, 0.1) is 13.7 Å². The summed E-state index contributed by atoms with van der Waals surface area (Å²) in [6.45, 7) is 15.3. The molecule has 1 saturated heterocycles. The van der Waals surface area contributed by atoms with Crippen LogP contribution in [-0.2, 0) is 52.8 Å². The van der Waals surface area contributed by atoms with Gasteiger partial charge in [0.25, 0.3) is 0 Å². The van der Waals surface area contributed by atoms with Gasteiger partial charge in [-0.05, 0) is 59.8 Å². The Kier molecular flexibility index (Phi) is 15.0. The molecule has 3 aromatic carbocycles. The average molecular weight is 765 g/mol. The molecule has 1 heterocycles. The van der Waals surface area contributed by atoms with Crippen LogP contribution in [0.4, 0.5) is 0 Å². The molecule has 0 saturated carbocycles. The molecule has 1 aliphatic heterocycles. The lowest BCUT2D eigenvalue weighted by Crippen LogP contribution is -2.63. The Morgan fingerprint density at radius 1 is 0.667 bits per heavy atom. The molecule has 0 aromatic heterocycles. The number of benzene rings is 3. The number of rotatable bonds is 17. The largest absolute Gasteiger partial charge is 0.497 e. The van der Waals surface area contributed by atoms with Gasteiger partial charge in [0, 0.05) is 34.0 Å². The van der Waals surface area contributed by atoms with Crippen molar-refractivity contribution in [2.75, 3.05) is 26.9 Å². The number of methoxy groups -OCH3 is 1. The van der Waals surface area contributed by atoms with Crippen molar-refractivity contribution >= 4 is 26.2 Å². The minimum atomic E-state index is -1.92. The van der Waals surface area contributed by atoms with Gasteiger partial charge in [-0.3, -0.25) is 14.4 Å². The predicted molar refractivity (Wildman–Crippen MR) is 205 cm³/mol. The SMILES string of the molecule is COc1ccc(C(OC[C@H]2O[C@@H](OCCCCO[Si](C)(C)C(C)(C)C)[C@H](OC(C)=O)[C@@H](OC(C)=O)[C@H]2OC(C)=O)(c2ccccc2)c2ccccc2)cc1. The smallest absolute Gasteiger partial charge is 0.303 e. The fourth-order valence-corrected chi connectivity index (χ4v) is 7.29. The third-order valence-corrected chi connectivity index (χ3v) is 14.4. The van der Waals surface area contributed by atoms with Crippen LogP contribution < -0.4 is 4.74 Å². The Bertz CT molecular complexity index is 1600. The zero-order valence-electron chi connectivity index (χ0n) is 33.0. The Hall–Kier alpha value is -4.07. The van der Waals surface area contributed by atoms with Gasteiger partial charge in [0.2, 0.25) is 0 Å². The molecule has 0 bridgehead atoms. The van der Waals surface area contributed by atoms with E-state index in [-0.39, 0.29) is 18.3 Å². The van der Waals surface area contributed by atoms with E-state index >= 15 is 0 Å². The molecule has 11 nitrogen and oxygen atoms in total. The molecule has 0 aliphatic carbocycles. The van der Waals surface area contributed by atoms with Gasteiger partial charge >= 0.3 is 17.9 Å². The summed E-state index contributed by atoms with van der Waals surface area (Å²) in [6.07, 6.45) is -4.62. The fraction of sp³-hybridized carbons (Fsp3) is 0.500. The van der Waals surface area contributed by atoms with E-state index in [1.54, 1.807) is 7.11 Å². The van der Waals surface area contributed by atoms with Gasteiger partial charge in [0.15, 0.2) is 32.9 Å². The van der Waals surface area contributed by atoms with Gasteiger partial charge in [-0.15, -0.1) is 0 Å². The maximum absolute atomic E-state index is 12.6. The molecule has 54 heavy (non-hydrogen) atoms. The highest BCUT2D eigenvalue weighted by atomic mass is 28.4. The van der Waals surface area contributed by atoms with Gasteiger partial charge in [-0.1, -0.05) is 93.6 Å². The van der Waals surface area contributed by atoms with Crippen molar-refractivity contribution in [3.05, 3.63) is 102 Å². The van der Waals surface area contributed by atoms with Crippen molar-refractivity contribution < 1.29 is 52.0 Å². The minimum Gasteiger partial charge on any atom is -0.497 e. The lowest BCUT2D eigenvalue weighted by atomic mass is 9.80. The molecule has 1 fully saturated rings. The van der Waals surface area contributed by atoms with Crippen LogP contribution in [0.3, 0.4) is 0 Å². The zero-order chi connectivity index (χ0) is 39.5. The van der Waals surface area contributed by atoms with E-state index < -0.39 is 62.5 Å². The number of ether oxygens (including phenoxy) is 7. The van der Waals surface area contributed by atoms with Crippen molar-refractivity contribution in [3.63, 3.8) is 0 Å². The number of carbonyl (C=O) groups is 3. The van der Waals surface area contributed by atoms with Gasteiger partial charge in [0.1, 0.15) is 17.5 Å². The van der Waals surface area contributed by atoms with E-state index in [0.29, 0.717) is 18.8 Å². The van der Waals surface area contributed by atoms with E-state index in [1.807, 2.05) is 84.9 Å². The molecule has 3 aromatic rings. The first-order valence-corrected chi connectivity index (χ1v) is 21.3. The first-order valence-electron chi connectivity index (χ1n) is 18.4. The zero-order valence-corrected chi connectivity index (χ0v) is 34.0. The monoisotopic (exact) mass is 764 g/mol. The third kappa shape index (κ3) is 10.8. The average Bonchev–Trinajstić information content (AvgIpc) is 3.12. The Labute approximate surface area is 320 Å². The van der Waals surface area contributed by atoms with E-state index in [4.69, 9.17) is 37.6 Å². The van der Waals surface area contributed by atoms with Crippen molar-refractivity contribution in [3.8, 4) is 5.75 Å². The lowest BCUT2D eigenvalue weighted by Gasteiger charge is -2.45. The highest BCUT2D eigenvalue weighted by Gasteiger charge is 2.53. The fourth-order valence-electron chi connectivity index (χ4n) is 6.20. The molecular formula is C42H56O11Si. The van der Waals surface area contributed by atoms with E-state index in [2.05, 4.69) is 33.9 Å². The van der Waals surface area contributed by atoms with Gasteiger partial charge in [-0.2, -0.15) is 0 Å². The lowest BCUT2D eigenvalue weighted by molar-refractivity contribution is -0.311. The summed E-state index contributed by atoms with van der Waals surface area (Å²) in [5, 5.41) is 0.0873. The molecule has 0 amide bonds. The van der Waals surface area contributed by atoms with Crippen molar-refractivity contribution in [1.29, 1.82) is 0 Å². The van der Waals surface area contributed by atoms with Crippen LogP contribution in [0.15, 0.2) is 84.9 Å². The molecule has 5 atom stereocenters. The molecule has 1 aliphatic rings. The quantitative estimate of drug-likeness (QED) is 0.0451. The summed E-state index contributed by atoms with van der Waals surface area (Å²) in [7, 11) is -0.314. The summed E-state index contributed by atoms with van der Waals surface area (Å²) >= 11 is 0. The van der Waals surface area contributed by atoms with Crippen LogP contribution in [0.2, 0.25) is 18.1 Å². The van der Waals surface area contributed by atoms with Crippen LogP contribution in [0.1, 0.15) is 71.1 Å². The summed E-state index contributed by atoms with van der Waals surface area (Å²) in [4.78, 5) is 37.6. The molecule has 0 spiro atoms. The second-order valence-corrected chi connectivity index (χ2v) is 19.7. The third-order valence-electron chi connectivity index (χ3n) is 9.91. The standard InChI is InChI=1S/C42H56O11Si/c1-29(43)50-37-36(28-48-42(32-18-12-10-13-19-32,33-20-14-11-15-21-33)34-22-24-35(46-7)25-23-34)53-40(39(52-31(3)45)38(37)51-30(2)44)47-26-16-17-27-49-54(8,9)41(4,5)6/h10-15,18-25,36-40H,16-17,26-28H2,1-9H3/t36-,37+,38+,39-,40-/m1/s1. The Morgan fingerprint density at radius 2 is 1.15 bits per heavy atom. The summed E-state index contributed by atoms with van der Waals surface area (Å²) in [6, 6.07) is 27.1. The molecule has 294 valence electrons. The van der Waals surface area contributed by atoms with E-state index in [9.17, 15) is 14.4 Å². The maximum atomic E-state index is 12.6. The molecule has 4 rings (SSSR count). The van der Waals surface area contributed by atoms with Crippen LogP contribution in [0.5, 0.6) is 5.75 Å². The maximum Gasteiger partial charge on any atom is 0.303 e. The topological polar surface area (TPSA) is 125 Å². The van der Waals surface area contributed by atoms with Crippen LogP contribution in [-0.4, -0.2) is 83.9 Å². The predicted octanol–water partition coefficient (Wildman–Crippen LogP) is 7.34. The van der Waals surface area contributed by atoms with Gasteiger partial charge in [-0.25, -0.2) is 0 Å². The molecule has 0 radical (unpaired) electrons. The Balaban J connectivity index is 1.71. The summed E-state index contributed by atoms with van der Waals surface area (Å²) in [5.74, 6) is -1.30. The number of unbranched alkanes of at least 4 members (excludes halogenated alkanes) is 1. The first kappa shape index (κ1) is 42.7. The summed E-state index contributed by atoms with van der Waals surface area (Å²) < 4.78 is 48.9. The molecule has 0 N–H and O–H groups in total. The normalized spacial score (nSPS) is 20.5. The van der Waals surface area contributed by atoms with Crippen molar-refractivity contribution in [2.24, 2.45) is 0 Å². The van der Waals surface area contributed by atoms with Crippen LogP contribution in [0.25, 0.3) is 0 Å². The second kappa shape index (κ2) is 19.0. The second-order valence-electron chi connectivity index (χ2n) is 14.9. The molecule has 0 unspecified atom stereocenters. The molecule has 12 heteroatoms. The molecular weight excluding hydrogens is 709 g/mol. The Morgan fingerprint density at radius 3 is 1.65 bits per heavy atom. The van der Waals surface area contributed by atoms with E-state index in [1.165, 1.54) is 20.8 Å². The highest BCUT2D eigenvalue weighted by Crippen LogP contribution is 2.42. The number of hydrogen-bond acceptors (Lipinski definition) is 11. The van der Waals surface area contributed by atoms with Crippen LogP contribution >= 0.6 is 0 Å². The number of esters is 3. The number of hydrogen-bond donors (Lipinski definition) is 0. The minimum absolute atomic E-state index is 0.0873. The summed E-state index contributed by atoms with van der Waals surface area (Å²) in [5.41, 5.74) is 1.25. The van der Waals surface area contributed by atoms with Crippen molar-refractivity contribution in [2.45, 2.75) is 109 Å². The first-order chi connectivity index (χ1) is 25.6. The number of carbonyl (C=O) groups excluding carboxylic acids is 3. The van der Waals surface area contributed by atoms with E-state index in [0.717, 1.165) is 23.1 Å².